The van der Waals surface area contributed by atoms with Gasteiger partial charge in [0.1, 0.15) is 10.6 Å². The van der Waals surface area contributed by atoms with E-state index >= 15 is 0 Å². The molecule has 3 aromatic heterocycles. The highest BCUT2D eigenvalue weighted by atomic mass is 32.1. The number of fused-ring (bicyclic) bond motifs is 1. The van der Waals surface area contributed by atoms with Crippen molar-refractivity contribution >= 4 is 33.3 Å². The lowest BCUT2D eigenvalue weighted by Crippen LogP contribution is -2.48. The van der Waals surface area contributed by atoms with E-state index in [2.05, 4.69) is 10.1 Å². The minimum atomic E-state index is -4.41. The number of benzene rings is 1. The number of piperazine rings is 1. The summed E-state index contributed by atoms with van der Waals surface area (Å²) < 4.78 is 40.1. The Morgan fingerprint density at radius 2 is 1.76 bits per heavy atom. The fraction of sp³-hybridized carbons (Fsp3) is 0.261. The van der Waals surface area contributed by atoms with E-state index in [4.69, 9.17) is 0 Å². The van der Waals surface area contributed by atoms with Gasteiger partial charge in [0.2, 0.25) is 0 Å². The number of halogens is 3. The standard InChI is InChI=1S/C23H20F3N5OS/c1-15-18-13-19(33-22(18)31(28-15)17-5-3-2-4-6-17)21(32)30-11-9-29(10-12-30)20-8-7-16(14-27-20)23(24,25)26/h2-8,13-14H,9-12H2,1H3. The quantitative estimate of drug-likeness (QED) is 0.432. The highest BCUT2D eigenvalue weighted by molar-refractivity contribution is 7.20. The molecule has 0 atom stereocenters. The Bertz CT molecular complexity index is 1290. The topological polar surface area (TPSA) is 54.3 Å². The van der Waals surface area contributed by atoms with E-state index in [0.29, 0.717) is 36.9 Å². The molecule has 5 rings (SSSR count). The summed E-state index contributed by atoms with van der Waals surface area (Å²) in [4.78, 5) is 22.4. The van der Waals surface area contributed by atoms with Gasteiger partial charge < -0.3 is 9.80 Å². The number of amides is 1. The molecule has 0 spiro atoms. The van der Waals surface area contributed by atoms with Crippen LogP contribution < -0.4 is 4.90 Å². The average Bonchev–Trinajstić information content (AvgIpc) is 3.39. The van der Waals surface area contributed by atoms with Crippen LogP contribution in [0.25, 0.3) is 15.9 Å². The molecule has 0 N–H and O–H groups in total. The van der Waals surface area contributed by atoms with E-state index < -0.39 is 11.7 Å². The molecule has 4 heterocycles. The summed E-state index contributed by atoms with van der Waals surface area (Å²) in [6, 6.07) is 14.1. The van der Waals surface area contributed by atoms with Crippen molar-refractivity contribution in [1.29, 1.82) is 0 Å². The van der Waals surface area contributed by atoms with Gasteiger partial charge in [-0.3, -0.25) is 4.79 Å². The Balaban J connectivity index is 1.30. The van der Waals surface area contributed by atoms with Gasteiger partial charge >= 0.3 is 6.18 Å². The van der Waals surface area contributed by atoms with Crippen LogP contribution in [-0.2, 0) is 6.18 Å². The second-order valence-electron chi connectivity index (χ2n) is 7.84. The Labute approximate surface area is 191 Å². The third-order valence-electron chi connectivity index (χ3n) is 5.72. The van der Waals surface area contributed by atoms with Gasteiger partial charge in [-0.05, 0) is 37.3 Å². The smallest absolute Gasteiger partial charge is 0.353 e. The van der Waals surface area contributed by atoms with Crippen molar-refractivity contribution in [2.24, 2.45) is 0 Å². The van der Waals surface area contributed by atoms with E-state index in [1.54, 1.807) is 4.90 Å². The zero-order valence-electron chi connectivity index (χ0n) is 17.7. The first kappa shape index (κ1) is 21.4. The molecule has 4 aromatic rings. The number of thiophene rings is 1. The van der Waals surface area contributed by atoms with Gasteiger partial charge in [-0.1, -0.05) is 18.2 Å². The van der Waals surface area contributed by atoms with E-state index in [1.165, 1.54) is 17.4 Å². The number of pyridine rings is 1. The molecule has 1 aliphatic rings. The molecule has 1 aromatic carbocycles. The Hall–Kier alpha value is -3.40. The fourth-order valence-electron chi connectivity index (χ4n) is 3.93. The second-order valence-corrected chi connectivity index (χ2v) is 8.87. The first-order valence-electron chi connectivity index (χ1n) is 10.4. The summed E-state index contributed by atoms with van der Waals surface area (Å²) in [5, 5.41) is 5.57. The summed E-state index contributed by atoms with van der Waals surface area (Å²) in [7, 11) is 0. The van der Waals surface area contributed by atoms with Crippen LogP contribution in [0.15, 0.2) is 54.7 Å². The first-order valence-corrected chi connectivity index (χ1v) is 11.2. The van der Waals surface area contributed by atoms with Gasteiger partial charge in [0, 0.05) is 37.8 Å². The van der Waals surface area contributed by atoms with Gasteiger partial charge in [-0.2, -0.15) is 18.3 Å². The minimum absolute atomic E-state index is 0.0461. The van der Waals surface area contributed by atoms with Crippen LogP contribution in [0.3, 0.4) is 0 Å². The first-order chi connectivity index (χ1) is 15.8. The highest BCUT2D eigenvalue weighted by Gasteiger charge is 2.31. The molecule has 0 aliphatic carbocycles. The fourth-order valence-corrected chi connectivity index (χ4v) is 5.08. The molecule has 33 heavy (non-hydrogen) atoms. The van der Waals surface area contributed by atoms with Gasteiger partial charge in [-0.25, -0.2) is 9.67 Å². The van der Waals surface area contributed by atoms with E-state index in [-0.39, 0.29) is 5.91 Å². The van der Waals surface area contributed by atoms with Crippen molar-refractivity contribution in [2.75, 3.05) is 31.1 Å². The number of carbonyl (C=O) groups is 1. The third kappa shape index (κ3) is 4.06. The Kier molecular flexibility index (Phi) is 5.32. The van der Waals surface area contributed by atoms with Crippen LogP contribution in [0.4, 0.5) is 19.0 Å². The predicted molar refractivity (Wildman–Crippen MR) is 121 cm³/mol. The normalized spacial score (nSPS) is 14.8. The summed E-state index contributed by atoms with van der Waals surface area (Å²) in [6.45, 7) is 3.88. The zero-order chi connectivity index (χ0) is 23.2. The molecular formula is C23H20F3N5OS. The predicted octanol–water partition coefficient (Wildman–Crippen LogP) is 4.77. The molecule has 6 nitrogen and oxygen atoms in total. The number of anilines is 1. The number of nitrogens with zero attached hydrogens (tertiary/aromatic N) is 5. The van der Waals surface area contributed by atoms with Crippen LogP contribution in [0, 0.1) is 6.92 Å². The van der Waals surface area contributed by atoms with E-state index in [0.717, 1.165) is 33.9 Å². The second kappa shape index (κ2) is 8.18. The molecule has 1 fully saturated rings. The largest absolute Gasteiger partial charge is 0.417 e. The van der Waals surface area contributed by atoms with Crippen LogP contribution in [-0.4, -0.2) is 51.8 Å². The summed E-state index contributed by atoms with van der Waals surface area (Å²) >= 11 is 1.42. The van der Waals surface area contributed by atoms with Gasteiger partial charge in [0.25, 0.3) is 5.91 Å². The highest BCUT2D eigenvalue weighted by Crippen LogP contribution is 2.32. The lowest BCUT2D eigenvalue weighted by Gasteiger charge is -2.35. The van der Waals surface area contributed by atoms with Crippen LogP contribution in [0.5, 0.6) is 0 Å². The summed E-state index contributed by atoms with van der Waals surface area (Å²) in [6.07, 6.45) is -3.56. The van der Waals surface area contributed by atoms with Crippen molar-refractivity contribution in [2.45, 2.75) is 13.1 Å². The van der Waals surface area contributed by atoms with Crippen molar-refractivity contribution in [3.05, 3.63) is 70.9 Å². The maximum atomic E-state index is 13.2. The third-order valence-corrected chi connectivity index (χ3v) is 6.82. The minimum Gasteiger partial charge on any atom is -0.353 e. The van der Waals surface area contributed by atoms with Crippen molar-refractivity contribution < 1.29 is 18.0 Å². The Morgan fingerprint density at radius 3 is 2.39 bits per heavy atom. The molecule has 1 saturated heterocycles. The van der Waals surface area contributed by atoms with Gasteiger partial charge in [0.15, 0.2) is 0 Å². The lowest BCUT2D eigenvalue weighted by molar-refractivity contribution is -0.137. The van der Waals surface area contributed by atoms with E-state index in [1.807, 2.05) is 52.9 Å². The number of aryl methyl sites for hydroxylation is 1. The number of hydrogen-bond donors (Lipinski definition) is 0. The monoisotopic (exact) mass is 471 g/mol. The van der Waals surface area contributed by atoms with E-state index in [9.17, 15) is 18.0 Å². The maximum Gasteiger partial charge on any atom is 0.417 e. The molecule has 10 heteroatoms. The number of para-hydroxylation sites is 1. The average molecular weight is 472 g/mol. The summed E-state index contributed by atoms with van der Waals surface area (Å²) in [5.41, 5.74) is 1.03. The molecule has 0 radical (unpaired) electrons. The number of aromatic nitrogens is 3. The van der Waals surface area contributed by atoms with Crippen LogP contribution in [0.1, 0.15) is 20.9 Å². The molecule has 0 unspecified atom stereocenters. The molecule has 1 aliphatic heterocycles. The molecule has 1 amide bonds. The molecular weight excluding hydrogens is 451 g/mol. The number of rotatable bonds is 3. The van der Waals surface area contributed by atoms with Gasteiger partial charge in [-0.15, -0.1) is 11.3 Å². The van der Waals surface area contributed by atoms with Crippen molar-refractivity contribution in [3.63, 3.8) is 0 Å². The van der Waals surface area contributed by atoms with Crippen LogP contribution in [0.2, 0.25) is 0 Å². The zero-order valence-corrected chi connectivity index (χ0v) is 18.5. The molecule has 170 valence electrons. The molecule has 0 bridgehead atoms. The maximum absolute atomic E-state index is 13.2. The number of carbonyl (C=O) groups excluding carboxylic acids is 1. The van der Waals surface area contributed by atoms with Crippen molar-refractivity contribution in [3.8, 4) is 5.69 Å². The SMILES string of the molecule is Cc1nn(-c2ccccc2)c2sc(C(=O)N3CCN(c4ccc(C(F)(F)F)cn4)CC3)cc12. The number of alkyl halides is 3. The summed E-state index contributed by atoms with van der Waals surface area (Å²) in [5.74, 6) is 0.436. The molecule has 0 saturated carbocycles. The van der Waals surface area contributed by atoms with Crippen molar-refractivity contribution in [1.82, 2.24) is 19.7 Å². The number of hydrogen-bond acceptors (Lipinski definition) is 5. The lowest BCUT2D eigenvalue weighted by atomic mass is 10.2. The Morgan fingerprint density at radius 1 is 1.03 bits per heavy atom. The van der Waals surface area contributed by atoms with Crippen LogP contribution >= 0.6 is 11.3 Å². The van der Waals surface area contributed by atoms with Gasteiger partial charge in [0.05, 0.1) is 21.8 Å².